The van der Waals surface area contributed by atoms with Gasteiger partial charge in [-0.2, -0.15) is 9.57 Å². The third kappa shape index (κ3) is 5.71. The van der Waals surface area contributed by atoms with Crippen LogP contribution in [0.2, 0.25) is 0 Å². The van der Waals surface area contributed by atoms with E-state index in [1.54, 1.807) is 30.3 Å². The maximum Gasteiger partial charge on any atom is 0.309 e. The number of carbonyl (C=O) groups excluding carboxylic acids is 2. The highest BCUT2D eigenvalue weighted by Crippen LogP contribution is 2.26. The van der Waals surface area contributed by atoms with Crippen LogP contribution >= 0.6 is 0 Å². The van der Waals surface area contributed by atoms with Crippen molar-refractivity contribution in [3.63, 3.8) is 0 Å². The lowest BCUT2D eigenvalue weighted by atomic mass is 9.98. The van der Waals surface area contributed by atoms with Gasteiger partial charge in [0.1, 0.15) is 23.1 Å². The molecule has 33 heavy (non-hydrogen) atoms. The zero-order chi connectivity index (χ0) is 24.0. The average molecular weight is 477 g/mol. The number of piperidine rings is 1. The molecule has 2 aromatic carbocycles. The van der Waals surface area contributed by atoms with Crippen LogP contribution in [-0.4, -0.2) is 50.8 Å². The molecule has 174 valence electrons. The molecule has 1 aliphatic rings. The number of para-hydroxylation sites is 1. The highest BCUT2D eigenvalue weighted by molar-refractivity contribution is 7.89. The molecule has 0 aliphatic carbocycles. The minimum atomic E-state index is -4.26. The minimum absolute atomic E-state index is 0.0867. The molecule has 3 rings (SSSR count). The molecule has 0 bridgehead atoms. The first-order chi connectivity index (χ1) is 15.7. The fraction of sp³-hybridized carbons (Fsp3) is 0.318. The number of ether oxygens (including phenoxy) is 1. The SMILES string of the molecule is N#CCN(C(=O)COC(=O)C1CCN(S(=O)(=O)c2cc(F)ccc2F)CC1)c1ccccc1. The van der Waals surface area contributed by atoms with E-state index in [-0.39, 0.29) is 32.5 Å². The summed E-state index contributed by atoms with van der Waals surface area (Å²) in [5.41, 5.74) is 0.489. The molecule has 0 N–H and O–H groups in total. The predicted molar refractivity (Wildman–Crippen MR) is 113 cm³/mol. The first kappa shape index (κ1) is 24.3. The molecule has 0 atom stereocenters. The second kappa shape index (κ2) is 10.5. The summed E-state index contributed by atoms with van der Waals surface area (Å²) in [4.78, 5) is 25.3. The van der Waals surface area contributed by atoms with Crippen molar-refractivity contribution in [1.82, 2.24) is 4.31 Å². The number of nitriles is 1. The zero-order valence-electron chi connectivity index (χ0n) is 17.5. The fourth-order valence-electron chi connectivity index (χ4n) is 3.48. The number of benzene rings is 2. The molecule has 1 amide bonds. The monoisotopic (exact) mass is 477 g/mol. The van der Waals surface area contributed by atoms with Gasteiger partial charge in [0.15, 0.2) is 6.61 Å². The molecule has 1 aliphatic heterocycles. The maximum absolute atomic E-state index is 13.9. The Balaban J connectivity index is 1.56. The molecule has 0 saturated carbocycles. The van der Waals surface area contributed by atoms with Gasteiger partial charge in [-0.25, -0.2) is 17.2 Å². The third-order valence-corrected chi connectivity index (χ3v) is 7.15. The van der Waals surface area contributed by atoms with Gasteiger partial charge in [0.05, 0.1) is 12.0 Å². The Kier molecular flexibility index (Phi) is 7.73. The van der Waals surface area contributed by atoms with Crippen LogP contribution < -0.4 is 4.90 Å². The molecule has 1 saturated heterocycles. The molecule has 8 nitrogen and oxygen atoms in total. The van der Waals surface area contributed by atoms with Crippen LogP contribution in [-0.2, 0) is 24.3 Å². The zero-order valence-corrected chi connectivity index (χ0v) is 18.3. The van der Waals surface area contributed by atoms with Crippen LogP contribution in [0.4, 0.5) is 14.5 Å². The maximum atomic E-state index is 13.9. The van der Waals surface area contributed by atoms with Crippen LogP contribution in [0, 0.1) is 28.9 Å². The topological polar surface area (TPSA) is 108 Å². The number of amides is 1. The van der Waals surface area contributed by atoms with Crippen molar-refractivity contribution in [2.24, 2.45) is 5.92 Å². The molecule has 0 aromatic heterocycles. The van der Waals surface area contributed by atoms with E-state index in [1.807, 2.05) is 6.07 Å². The van der Waals surface area contributed by atoms with E-state index in [4.69, 9.17) is 10.00 Å². The van der Waals surface area contributed by atoms with E-state index in [9.17, 15) is 26.8 Å². The van der Waals surface area contributed by atoms with Gasteiger partial charge in [0.2, 0.25) is 10.0 Å². The van der Waals surface area contributed by atoms with Gasteiger partial charge >= 0.3 is 5.97 Å². The Bertz CT molecular complexity index is 1160. The molecule has 1 heterocycles. The number of halogens is 2. The van der Waals surface area contributed by atoms with Crippen molar-refractivity contribution in [1.29, 1.82) is 5.26 Å². The van der Waals surface area contributed by atoms with Gasteiger partial charge in [-0.15, -0.1) is 0 Å². The fourth-order valence-corrected chi connectivity index (χ4v) is 5.02. The van der Waals surface area contributed by atoms with Gasteiger partial charge in [0, 0.05) is 18.8 Å². The summed E-state index contributed by atoms with van der Waals surface area (Å²) < 4.78 is 58.8. The molecule has 11 heteroatoms. The average Bonchev–Trinajstić information content (AvgIpc) is 2.82. The molecule has 0 unspecified atom stereocenters. The van der Waals surface area contributed by atoms with Gasteiger partial charge in [0.25, 0.3) is 5.91 Å². The highest BCUT2D eigenvalue weighted by Gasteiger charge is 2.34. The summed E-state index contributed by atoms with van der Waals surface area (Å²) >= 11 is 0. The Labute approximate surface area is 190 Å². The highest BCUT2D eigenvalue weighted by atomic mass is 32.2. The first-order valence-electron chi connectivity index (χ1n) is 10.1. The van der Waals surface area contributed by atoms with Crippen LogP contribution in [0.3, 0.4) is 0 Å². The van der Waals surface area contributed by atoms with Gasteiger partial charge in [-0.05, 0) is 43.2 Å². The lowest BCUT2D eigenvalue weighted by molar-refractivity contribution is -0.153. The Morgan fingerprint density at radius 1 is 1.12 bits per heavy atom. The second-order valence-electron chi connectivity index (χ2n) is 7.33. The molecule has 1 fully saturated rings. The molecular weight excluding hydrogens is 456 g/mol. The summed E-state index contributed by atoms with van der Waals surface area (Å²) in [7, 11) is -4.26. The molecule has 2 aromatic rings. The van der Waals surface area contributed by atoms with E-state index in [1.165, 1.54) is 4.90 Å². The van der Waals surface area contributed by atoms with Crippen LogP contribution in [0.25, 0.3) is 0 Å². The Hall–Kier alpha value is -3.36. The number of nitrogens with zero attached hydrogens (tertiary/aromatic N) is 3. The van der Waals surface area contributed by atoms with Gasteiger partial charge < -0.3 is 4.74 Å². The second-order valence-corrected chi connectivity index (χ2v) is 9.24. The van der Waals surface area contributed by atoms with E-state index < -0.39 is 51.0 Å². The number of anilines is 1. The van der Waals surface area contributed by atoms with E-state index in [2.05, 4.69) is 0 Å². The Morgan fingerprint density at radius 2 is 1.79 bits per heavy atom. The quantitative estimate of drug-likeness (QED) is 0.448. The molecule has 0 radical (unpaired) electrons. The largest absolute Gasteiger partial charge is 0.455 e. The third-order valence-electron chi connectivity index (χ3n) is 5.23. The van der Waals surface area contributed by atoms with Gasteiger partial charge in [-0.3, -0.25) is 14.5 Å². The molecule has 0 spiro atoms. The molecular formula is C22H21F2N3O5S. The summed E-state index contributed by atoms with van der Waals surface area (Å²) in [5, 5.41) is 8.98. The van der Waals surface area contributed by atoms with Crippen LogP contribution in [0.5, 0.6) is 0 Å². The van der Waals surface area contributed by atoms with Gasteiger partial charge in [-0.1, -0.05) is 18.2 Å². The number of hydrogen-bond acceptors (Lipinski definition) is 6. The van der Waals surface area contributed by atoms with E-state index >= 15 is 0 Å². The number of sulfonamides is 1. The van der Waals surface area contributed by atoms with Crippen molar-refractivity contribution in [2.75, 3.05) is 31.1 Å². The number of rotatable bonds is 7. The van der Waals surface area contributed by atoms with E-state index in [0.717, 1.165) is 16.4 Å². The lowest BCUT2D eigenvalue weighted by Gasteiger charge is -2.30. The Morgan fingerprint density at radius 3 is 2.42 bits per heavy atom. The van der Waals surface area contributed by atoms with Crippen LogP contribution in [0.15, 0.2) is 53.4 Å². The standard InChI is InChI=1S/C22H21F2N3O5S/c23-17-6-7-19(24)20(14-17)33(30,31)26-11-8-16(9-12-26)22(29)32-15-21(28)27(13-10-25)18-4-2-1-3-5-18/h1-7,14,16H,8-9,11-13,15H2. The minimum Gasteiger partial charge on any atom is -0.455 e. The number of carbonyl (C=O) groups is 2. The van der Waals surface area contributed by atoms with Crippen molar-refractivity contribution in [2.45, 2.75) is 17.7 Å². The van der Waals surface area contributed by atoms with Crippen LogP contribution in [0.1, 0.15) is 12.8 Å². The lowest BCUT2D eigenvalue weighted by Crippen LogP contribution is -2.41. The summed E-state index contributed by atoms with van der Waals surface area (Å²) in [5.74, 6) is -3.82. The van der Waals surface area contributed by atoms with Crippen molar-refractivity contribution >= 4 is 27.6 Å². The summed E-state index contributed by atoms with van der Waals surface area (Å²) in [6.45, 7) is -0.956. The van der Waals surface area contributed by atoms with Crippen molar-refractivity contribution < 1.29 is 31.5 Å². The normalized spacial score (nSPS) is 14.9. The first-order valence-corrected chi connectivity index (χ1v) is 11.5. The summed E-state index contributed by atoms with van der Waals surface area (Å²) in [6.07, 6.45) is 0.202. The van der Waals surface area contributed by atoms with Crippen molar-refractivity contribution in [3.8, 4) is 6.07 Å². The van der Waals surface area contributed by atoms with Crippen molar-refractivity contribution in [3.05, 3.63) is 60.2 Å². The van der Waals surface area contributed by atoms with E-state index in [0.29, 0.717) is 11.8 Å². The number of esters is 1. The summed E-state index contributed by atoms with van der Waals surface area (Å²) in [6, 6.07) is 12.5. The smallest absolute Gasteiger partial charge is 0.309 e. The predicted octanol–water partition coefficient (Wildman–Crippen LogP) is 2.47. The number of hydrogen-bond donors (Lipinski definition) is 0.